The fraction of sp³-hybridized carbons (Fsp3) is 0.583. The average molecular weight is 253 g/mol. The number of carbonyl (C=O) groups is 2. The third-order valence-corrected chi connectivity index (χ3v) is 2.59. The molecule has 1 rings (SSSR count). The Balaban J connectivity index is 2.77. The van der Waals surface area contributed by atoms with Crippen molar-refractivity contribution in [1.82, 2.24) is 15.1 Å². The molecule has 0 aliphatic carbocycles. The number of aromatic nitrogens is 2. The molecule has 0 saturated carbocycles. The molecule has 1 atom stereocenters. The van der Waals surface area contributed by atoms with Crippen LogP contribution in [0.15, 0.2) is 12.3 Å². The number of amides is 1. The fourth-order valence-corrected chi connectivity index (χ4v) is 1.48. The molecule has 0 aliphatic rings. The summed E-state index contributed by atoms with van der Waals surface area (Å²) in [6.07, 6.45) is 1.70. The lowest BCUT2D eigenvalue weighted by atomic mass is 10.0. The summed E-state index contributed by atoms with van der Waals surface area (Å²) in [5.41, 5.74) is 0.232. The van der Waals surface area contributed by atoms with Gasteiger partial charge in [-0.15, -0.1) is 0 Å². The van der Waals surface area contributed by atoms with Gasteiger partial charge in [-0.1, -0.05) is 13.8 Å². The molecule has 6 heteroatoms. The maximum Gasteiger partial charge on any atom is 0.326 e. The molecule has 0 aliphatic heterocycles. The zero-order valence-corrected chi connectivity index (χ0v) is 11.0. The van der Waals surface area contributed by atoms with E-state index in [9.17, 15) is 9.59 Å². The summed E-state index contributed by atoms with van der Waals surface area (Å²) in [6, 6.07) is 0.836. The number of carboxylic acid groups (broad SMARTS) is 1. The number of hydrogen-bond donors (Lipinski definition) is 2. The van der Waals surface area contributed by atoms with Crippen LogP contribution in [0.2, 0.25) is 0 Å². The summed E-state index contributed by atoms with van der Waals surface area (Å²) in [5, 5.41) is 15.6. The standard InChI is InChI=1S/C12H19N3O3/c1-7(2)10(12(17)18)13-11(16)9-5-6-15(14-9)8(3)4/h5-8,10H,1-4H3,(H,13,16)(H,17,18)/t10-/m0/s1. The minimum atomic E-state index is -1.04. The normalized spacial score (nSPS) is 12.8. The molecule has 1 aromatic heterocycles. The quantitative estimate of drug-likeness (QED) is 0.828. The van der Waals surface area contributed by atoms with Crippen molar-refractivity contribution in [3.05, 3.63) is 18.0 Å². The SMILES string of the molecule is CC(C)[C@H](NC(=O)c1ccn(C(C)C)n1)C(=O)O. The van der Waals surface area contributed by atoms with Gasteiger partial charge in [-0.25, -0.2) is 4.79 Å². The van der Waals surface area contributed by atoms with Crippen LogP contribution < -0.4 is 5.32 Å². The van der Waals surface area contributed by atoms with Crippen LogP contribution in [0.4, 0.5) is 0 Å². The average Bonchev–Trinajstić information content (AvgIpc) is 2.73. The van der Waals surface area contributed by atoms with E-state index in [1.54, 1.807) is 30.8 Å². The first-order valence-electron chi connectivity index (χ1n) is 5.91. The molecule has 1 aromatic rings. The maximum atomic E-state index is 11.8. The molecule has 100 valence electrons. The molecule has 0 spiro atoms. The lowest BCUT2D eigenvalue weighted by Crippen LogP contribution is -2.44. The van der Waals surface area contributed by atoms with Crippen LogP contribution in [0.1, 0.15) is 44.2 Å². The maximum absolute atomic E-state index is 11.8. The van der Waals surface area contributed by atoms with E-state index < -0.39 is 17.9 Å². The highest BCUT2D eigenvalue weighted by atomic mass is 16.4. The van der Waals surface area contributed by atoms with E-state index in [-0.39, 0.29) is 17.7 Å². The summed E-state index contributed by atoms with van der Waals surface area (Å²) in [4.78, 5) is 22.8. The predicted octanol–water partition coefficient (Wildman–Crippen LogP) is 1.30. The topological polar surface area (TPSA) is 84.2 Å². The van der Waals surface area contributed by atoms with Gasteiger partial charge in [0, 0.05) is 12.2 Å². The lowest BCUT2D eigenvalue weighted by molar-refractivity contribution is -0.140. The summed E-state index contributed by atoms with van der Waals surface area (Å²) in [7, 11) is 0. The van der Waals surface area contributed by atoms with Crippen LogP contribution in [0, 0.1) is 5.92 Å². The second-order valence-electron chi connectivity index (χ2n) is 4.81. The highest BCUT2D eigenvalue weighted by molar-refractivity contribution is 5.94. The Labute approximate surface area is 106 Å². The van der Waals surface area contributed by atoms with E-state index in [4.69, 9.17) is 5.11 Å². The first kappa shape index (κ1) is 14.2. The molecule has 6 nitrogen and oxygen atoms in total. The number of carboxylic acids is 1. The largest absolute Gasteiger partial charge is 0.480 e. The van der Waals surface area contributed by atoms with Gasteiger partial charge in [-0.05, 0) is 25.8 Å². The Hall–Kier alpha value is -1.85. The first-order chi connectivity index (χ1) is 8.32. The number of hydrogen-bond acceptors (Lipinski definition) is 3. The van der Waals surface area contributed by atoms with Gasteiger partial charge in [0.2, 0.25) is 0 Å². The molecule has 0 unspecified atom stereocenters. The van der Waals surface area contributed by atoms with Crippen LogP contribution in [-0.4, -0.2) is 32.8 Å². The van der Waals surface area contributed by atoms with Crippen LogP contribution in [0.5, 0.6) is 0 Å². The van der Waals surface area contributed by atoms with E-state index in [0.29, 0.717) is 0 Å². The molecule has 0 bridgehead atoms. The molecule has 2 N–H and O–H groups in total. The van der Waals surface area contributed by atoms with E-state index in [1.807, 2.05) is 13.8 Å². The Morgan fingerprint density at radius 2 is 1.94 bits per heavy atom. The highest BCUT2D eigenvalue weighted by Crippen LogP contribution is 2.06. The van der Waals surface area contributed by atoms with Gasteiger partial charge in [0.05, 0.1) is 0 Å². The molecule has 0 radical (unpaired) electrons. The van der Waals surface area contributed by atoms with Crippen molar-refractivity contribution >= 4 is 11.9 Å². The van der Waals surface area contributed by atoms with Crippen LogP contribution in [0.3, 0.4) is 0 Å². The predicted molar refractivity (Wildman–Crippen MR) is 66.3 cm³/mol. The van der Waals surface area contributed by atoms with Gasteiger partial charge in [-0.2, -0.15) is 5.10 Å². The van der Waals surface area contributed by atoms with Gasteiger partial charge in [0.15, 0.2) is 0 Å². The Bertz CT molecular complexity index is 438. The van der Waals surface area contributed by atoms with Crippen molar-refractivity contribution in [3.63, 3.8) is 0 Å². The van der Waals surface area contributed by atoms with Gasteiger partial charge >= 0.3 is 5.97 Å². The summed E-state index contributed by atoms with van der Waals surface area (Å²) in [6.45, 7) is 7.38. The van der Waals surface area contributed by atoms with E-state index in [0.717, 1.165) is 0 Å². The molecule has 1 heterocycles. The molecule has 18 heavy (non-hydrogen) atoms. The molecule has 0 aromatic carbocycles. The van der Waals surface area contributed by atoms with Gasteiger partial charge in [0.25, 0.3) is 5.91 Å². The zero-order chi connectivity index (χ0) is 13.9. The summed E-state index contributed by atoms with van der Waals surface area (Å²) >= 11 is 0. The second kappa shape index (κ2) is 5.66. The molecule has 0 fully saturated rings. The number of aliphatic carboxylic acids is 1. The van der Waals surface area contributed by atoms with Crippen molar-refractivity contribution in [1.29, 1.82) is 0 Å². The van der Waals surface area contributed by atoms with E-state index in [1.165, 1.54) is 0 Å². The molecule has 0 saturated heterocycles. The number of carbonyl (C=O) groups excluding carboxylic acids is 1. The smallest absolute Gasteiger partial charge is 0.326 e. The number of nitrogens with one attached hydrogen (secondary N) is 1. The van der Waals surface area contributed by atoms with E-state index in [2.05, 4.69) is 10.4 Å². The van der Waals surface area contributed by atoms with Gasteiger partial charge in [0.1, 0.15) is 11.7 Å². The minimum absolute atomic E-state index is 0.159. The molecular weight excluding hydrogens is 234 g/mol. The Morgan fingerprint density at radius 1 is 1.33 bits per heavy atom. The summed E-state index contributed by atoms with van der Waals surface area (Å²) in [5.74, 6) is -1.68. The van der Waals surface area contributed by atoms with Crippen molar-refractivity contribution in [2.45, 2.75) is 39.8 Å². The van der Waals surface area contributed by atoms with Crippen molar-refractivity contribution in [2.24, 2.45) is 5.92 Å². The highest BCUT2D eigenvalue weighted by Gasteiger charge is 2.24. The van der Waals surface area contributed by atoms with Crippen molar-refractivity contribution in [3.8, 4) is 0 Å². The molecule has 1 amide bonds. The van der Waals surface area contributed by atoms with Crippen molar-refractivity contribution < 1.29 is 14.7 Å². The Morgan fingerprint density at radius 3 is 2.33 bits per heavy atom. The lowest BCUT2D eigenvalue weighted by Gasteiger charge is -2.17. The van der Waals surface area contributed by atoms with Crippen LogP contribution in [-0.2, 0) is 4.79 Å². The zero-order valence-electron chi connectivity index (χ0n) is 11.0. The number of nitrogens with zero attached hydrogens (tertiary/aromatic N) is 2. The van der Waals surface area contributed by atoms with Gasteiger partial charge < -0.3 is 10.4 Å². The summed E-state index contributed by atoms with van der Waals surface area (Å²) < 4.78 is 1.65. The number of rotatable bonds is 5. The fourth-order valence-electron chi connectivity index (χ4n) is 1.48. The van der Waals surface area contributed by atoms with Crippen molar-refractivity contribution in [2.75, 3.05) is 0 Å². The van der Waals surface area contributed by atoms with E-state index >= 15 is 0 Å². The minimum Gasteiger partial charge on any atom is -0.480 e. The monoisotopic (exact) mass is 253 g/mol. The Kier molecular flexibility index (Phi) is 4.47. The van der Waals surface area contributed by atoms with Crippen LogP contribution >= 0.6 is 0 Å². The second-order valence-corrected chi connectivity index (χ2v) is 4.81. The third-order valence-electron chi connectivity index (χ3n) is 2.59. The molecular formula is C12H19N3O3. The third kappa shape index (κ3) is 3.32. The van der Waals surface area contributed by atoms with Gasteiger partial charge in [-0.3, -0.25) is 9.48 Å². The first-order valence-corrected chi connectivity index (χ1v) is 5.91. The van der Waals surface area contributed by atoms with Crippen LogP contribution in [0.25, 0.3) is 0 Å².